The lowest BCUT2D eigenvalue weighted by Crippen LogP contribution is -2.30. The second kappa shape index (κ2) is 6.43. The molecule has 0 aliphatic rings. The molecule has 0 aromatic heterocycles. The maximum absolute atomic E-state index is 12.5. The van der Waals surface area contributed by atoms with Crippen LogP contribution in [0.2, 0.25) is 0 Å². The SMILES string of the molecule is CCN(Cc1ccccc1)C(=O)c1ccccc1S. The van der Waals surface area contributed by atoms with Gasteiger partial charge < -0.3 is 4.90 Å². The standard InChI is InChI=1S/C16H17NOS/c1-2-17(12-13-8-4-3-5-9-13)16(18)14-10-6-7-11-15(14)19/h3-11,19H,2,12H2,1H3. The van der Waals surface area contributed by atoms with E-state index in [2.05, 4.69) is 12.6 Å². The normalized spacial score (nSPS) is 10.2. The van der Waals surface area contributed by atoms with E-state index in [0.717, 1.165) is 10.5 Å². The molecule has 3 heteroatoms. The third-order valence-electron chi connectivity index (χ3n) is 3.02. The number of amides is 1. The van der Waals surface area contributed by atoms with Crippen molar-refractivity contribution < 1.29 is 4.79 Å². The first-order valence-corrected chi connectivity index (χ1v) is 6.78. The van der Waals surface area contributed by atoms with Gasteiger partial charge in [0, 0.05) is 18.0 Å². The van der Waals surface area contributed by atoms with Gasteiger partial charge in [0.25, 0.3) is 5.91 Å². The molecule has 2 rings (SSSR count). The average molecular weight is 271 g/mol. The summed E-state index contributed by atoms with van der Waals surface area (Å²) >= 11 is 4.35. The van der Waals surface area contributed by atoms with Crippen LogP contribution < -0.4 is 0 Å². The number of hydrogen-bond acceptors (Lipinski definition) is 2. The first kappa shape index (κ1) is 13.7. The maximum Gasteiger partial charge on any atom is 0.255 e. The zero-order valence-corrected chi connectivity index (χ0v) is 11.8. The van der Waals surface area contributed by atoms with Gasteiger partial charge in [-0.1, -0.05) is 42.5 Å². The lowest BCUT2D eigenvalue weighted by atomic mass is 10.1. The van der Waals surface area contributed by atoms with Gasteiger partial charge >= 0.3 is 0 Å². The van der Waals surface area contributed by atoms with Crippen molar-refractivity contribution in [2.24, 2.45) is 0 Å². The largest absolute Gasteiger partial charge is 0.335 e. The van der Waals surface area contributed by atoms with Crippen molar-refractivity contribution in [1.29, 1.82) is 0 Å². The second-order valence-electron chi connectivity index (χ2n) is 4.32. The van der Waals surface area contributed by atoms with E-state index in [-0.39, 0.29) is 5.91 Å². The van der Waals surface area contributed by atoms with Crippen LogP contribution in [0, 0.1) is 0 Å². The van der Waals surface area contributed by atoms with Crippen molar-refractivity contribution >= 4 is 18.5 Å². The molecule has 0 unspecified atom stereocenters. The number of hydrogen-bond donors (Lipinski definition) is 1. The summed E-state index contributed by atoms with van der Waals surface area (Å²) in [6.45, 7) is 3.29. The Balaban J connectivity index is 2.18. The lowest BCUT2D eigenvalue weighted by molar-refractivity contribution is 0.0749. The monoisotopic (exact) mass is 271 g/mol. The van der Waals surface area contributed by atoms with Crippen molar-refractivity contribution in [1.82, 2.24) is 4.90 Å². The molecule has 0 aliphatic carbocycles. The highest BCUT2D eigenvalue weighted by Gasteiger charge is 2.16. The predicted molar refractivity (Wildman–Crippen MR) is 80.6 cm³/mol. The molecular formula is C16H17NOS. The van der Waals surface area contributed by atoms with Crippen molar-refractivity contribution in [2.45, 2.75) is 18.4 Å². The van der Waals surface area contributed by atoms with E-state index in [4.69, 9.17) is 0 Å². The molecule has 0 heterocycles. The van der Waals surface area contributed by atoms with Crippen molar-refractivity contribution in [3.63, 3.8) is 0 Å². The molecule has 2 nitrogen and oxygen atoms in total. The molecule has 0 fully saturated rings. The van der Waals surface area contributed by atoms with Crippen LogP contribution in [0.15, 0.2) is 59.5 Å². The molecule has 2 aromatic carbocycles. The van der Waals surface area contributed by atoms with Gasteiger partial charge in [0.15, 0.2) is 0 Å². The van der Waals surface area contributed by atoms with Crippen molar-refractivity contribution in [3.05, 3.63) is 65.7 Å². The number of carbonyl (C=O) groups excluding carboxylic acids is 1. The van der Waals surface area contributed by atoms with Crippen LogP contribution in [0.3, 0.4) is 0 Å². The van der Waals surface area contributed by atoms with Crippen LogP contribution in [0.1, 0.15) is 22.8 Å². The molecule has 0 saturated carbocycles. The Kier molecular flexibility index (Phi) is 4.63. The number of thiol groups is 1. The third-order valence-corrected chi connectivity index (χ3v) is 3.41. The molecule has 0 saturated heterocycles. The summed E-state index contributed by atoms with van der Waals surface area (Å²) in [7, 11) is 0. The van der Waals surface area contributed by atoms with Gasteiger partial charge in [-0.3, -0.25) is 4.79 Å². The third kappa shape index (κ3) is 3.38. The van der Waals surface area contributed by atoms with Gasteiger partial charge in [-0.2, -0.15) is 0 Å². The average Bonchev–Trinajstić information content (AvgIpc) is 2.46. The first-order valence-electron chi connectivity index (χ1n) is 6.33. The van der Waals surface area contributed by atoms with E-state index in [1.54, 1.807) is 0 Å². The summed E-state index contributed by atoms with van der Waals surface area (Å²) in [5, 5.41) is 0. The highest BCUT2D eigenvalue weighted by atomic mass is 32.1. The Morgan fingerprint density at radius 2 is 1.68 bits per heavy atom. The lowest BCUT2D eigenvalue weighted by Gasteiger charge is -2.21. The van der Waals surface area contributed by atoms with Crippen LogP contribution in [0.25, 0.3) is 0 Å². The molecular weight excluding hydrogens is 254 g/mol. The second-order valence-corrected chi connectivity index (χ2v) is 4.80. The van der Waals surface area contributed by atoms with Gasteiger partial charge in [-0.15, -0.1) is 12.6 Å². The summed E-state index contributed by atoms with van der Waals surface area (Å²) < 4.78 is 0. The fraction of sp³-hybridized carbons (Fsp3) is 0.188. The predicted octanol–water partition coefficient (Wildman–Crippen LogP) is 3.64. The Labute approximate surface area is 119 Å². The fourth-order valence-corrected chi connectivity index (χ4v) is 2.21. The van der Waals surface area contributed by atoms with Gasteiger partial charge in [0.1, 0.15) is 0 Å². The first-order chi connectivity index (χ1) is 9.22. The van der Waals surface area contributed by atoms with E-state index in [9.17, 15) is 4.79 Å². The van der Waals surface area contributed by atoms with Gasteiger partial charge in [0.2, 0.25) is 0 Å². The van der Waals surface area contributed by atoms with Gasteiger partial charge in [-0.05, 0) is 24.6 Å². The molecule has 0 bridgehead atoms. The zero-order chi connectivity index (χ0) is 13.7. The fourth-order valence-electron chi connectivity index (χ4n) is 1.96. The van der Waals surface area contributed by atoms with Crippen LogP contribution >= 0.6 is 12.6 Å². The van der Waals surface area contributed by atoms with Crippen molar-refractivity contribution in [3.8, 4) is 0 Å². The molecule has 0 radical (unpaired) electrons. The highest BCUT2D eigenvalue weighted by molar-refractivity contribution is 7.80. The molecule has 98 valence electrons. The number of carbonyl (C=O) groups is 1. The Morgan fingerprint density at radius 3 is 2.32 bits per heavy atom. The molecule has 0 aliphatic heterocycles. The summed E-state index contributed by atoms with van der Waals surface area (Å²) in [5.41, 5.74) is 1.79. The Bertz CT molecular complexity index is 554. The number of benzene rings is 2. The Hall–Kier alpha value is -1.74. The van der Waals surface area contributed by atoms with E-state index in [1.165, 1.54) is 0 Å². The smallest absolute Gasteiger partial charge is 0.255 e. The maximum atomic E-state index is 12.5. The van der Waals surface area contributed by atoms with E-state index < -0.39 is 0 Å². The van der Waals surface area contributed by atoms with E-state index in [1.807, 2.05) is 66.4 Å². The van der Waals surface area contributed by atoms with Crippen molar-refractivity contribution in [2.75, 3.05) is 6.54 Å². The molecule has 2 aromatic rings. The van der Waals surface area contributed by atoms with Crippen LogP contribution in [-0.4, -0.2) is 17.4 Å². The molecule has 0 spiro atoms. The van der Waals surface area contributed by atoms with Gasteiger partial charge in [-0.25, -0.2) is 0 Å². The number of nitrogens with zero attached hydrogens (tertiary/aromatic N) is 1. The summed E-state index contributed by atoms with van der Waals surface area (Å²) in [6.07, 6.45) is 0. The Morgan fingerprint density at radius 1 is 1.05 bits per heavy atom. The molecule has 1 amide bonds. The zero-order valence-electron chi connectivity index (χ0n) is 10.9. The van der Waals surface area contributed by atoms with Crippen LogP contribution in [-0.2, 0) is 6.54 Å². The molecule has 19 heavy (non-hydrogen) atoms. The summed E-state index contributed by atoms with van der Waals surface area (Å²) in [4.78, 5) is 15.0. The quantitative estimate of drug-likeness (QED) is 0.842. The molecule has 0 N–H and O–H groups in total. The highest BCUT2D eigenvalue weighted by Crippen LogP contribution is 2.16. The minimum atomic E-state index is 0.0250. The topological polar surface area (TPSA) is 20.3 Å². The minimum absolute atomic E-state index is 0.0250. The molecule has 0 atom stereocenters. The van der Waals surface area contributed by atoms with Crippen LogP contribution in [0.5, 0.6) is 0 Å². The number of rotatable bonds is 4. The van der Waals surface area contributed by atoms with E-state index in [0.29, 0.717) is 18.7 Å². The van der Waals surface area contributed by atoms with Gasteiger partial charge in [0.05, 0.1) is 5.56 Å². The summed E-state index contributed by atoms with van der Waals surface area (Å²) in [6, 6.07) is 17.4. The van der Waals surface area contributed by atoms with Crippen LogP contribution in [0.4, 0.5) is 0 Å². The summed E-state index contributed by atoms with van der Waals surface area (Å²) in [5.74, 6) is 0.0250. The minimum Gasteiger partial charge on any atom is -0.335 e. The van der Waals surface area contributed by atoms with E-state index >= 15 is 0 Å².